The van der Waals surface area contributed by atoms with Gasteiger partial charge in [0.25, 0.3) is 5.91 Å². The predicted octanol–water partition coefficient (Wildman–Crippen LogP) is 4.53. The third kappa shape index (κ3) is 4.19. The van der Waals surface area contributed by atoms with E-state index in [0.717, 1.165) is 11.3 Å². The lowest BCUT2D eigenvalue weighted by Crippen LogP contribution is -2.42. The molecule has 0 bridgehead atoms. The molecule has 0 atom stereocenters. The Kier molecular flexibility index (Phi) is 4.76. The van der Waals surface area contributed by atoms with Gasteiger partial charge >= 0.3 is 0 Å². The zero-order valence-electron chi connectivity index (χ0n) is 13.9. The van der Waals surface area contributed by atoms with E-state index in [1.54, 1.807) is 44.3 Å². The van der Waals surface area contributed by atoms with Crippen molar-refractivity contribution in [3.05, 3.63) is 65.8 Å². The number of benzene rings is 2. The first-order valence-corrected chi connectivity index (χ1v) is 8.18. The van der Waals surface area contributed by atoms with Crippen LogP contribution in [0.5, 0.6) is 5.75 Å². The number of carbonyl (C=O) groups is 1. The highest BCUT2D eigenvalue weighted by molar-refractivity contribution is 6.30. The summed E-state index contributed by atoms with van der Waals surface area (Å²) < 4.78 is 5.79. The van der Waals surface area contributed by atoms with Crippen molar-refractivity contribution in [2.45, 2.75) is 19.4 Å². The van der Waals surface area contributed by atoms with E-state index in [-0.39, 0.29) is 5.91 Å². The van der Waals surface area contributed by atoms with Gasteiger partial charge in [-0.25, -0.2) is 0 Å². The number of H-pyrrole nitrogens is 1. The summed E-state index contributed by atoms with van der Waals surface area (Å²) >= 11 is 5.86. The van der Waals surface area contributed by atoms with Crippen molar-refractivity contribution in [3.63, 3.8) is 0 Å². The summed E-state index contributed by atoms with van der Waals surface area (Å²) in [5.74, 6) is 0.343. The maximum Gasteiger partial charge on any atom is 0.267 e. The molecule has 0 spiro atoms. The molecule has 1 aromatic heterocycles. The third-order valence-electron chi connectivity index (χ3n) is 3.69. The monoisotopic (exact) mass is 355 g/mol. The van der Waals surface area contributed by atoms with Crippen LogP contribution in [0.3, 0.4) is 0 Å². The number of halogens is 1. The Morgan fingerprint density at radius 2 is 1.76 bits per heavy atom. The van der Waals surface area contributed by atoms with Gasteiger partial charge < -0.3 is 10.1 Å². The van der Waals surface area contributed by atoms with E-state index in [4.69, 9.17) is 16.3 Å². The molecule has 0 aliphatic carbocycles. The smallest absolute Gasteiger partial charge is 0.267 e. The van der Waals surface area contributed by atoms with Crippen LogP contribution in [0.1, 0.15) is 13.8 Å². The normalized spacial score (nSPS) is 11.2. The molecular weight excluding hydrogens is 338 g/mol. The van der Waals surface area contributed by atoms with Crippen LogP contribution in [0.4, 0.5) is 5.69 Å². The second kappa shape index (κ2) is 6.99. The van der Waals surface area contributed by atoms with Gasteiger partial charge in [-0.05, 0) is 61.9 Å². The number of rotatable bonds is 5. The predicted molar refractivity (Wildman–Crippen MR) is 98.8 cm³/mol. The Labute approximate surface area is 151 Å². The lowest BCUT2D eigenvalue weighted by Gasteiger charge is -2.25. The number of nitrogens with zero attached hydrogens (tertiary/aromatic N) is 1. The van der Waals surface area contributed by atoms with E-state index in [1.807, 2.05) is 30.3 Å². The molecule has 0 fully saturated rings. The van der Waals surface area contributed by atoms with Crippen LogP contribution >= 0.6 is 11.6 Å². The van der Waals surface area contributed by atoms with Gasteiger partial charge in [-0.15, -0.1) is 0 Å². The fourth-order valence-corrected chi connectivity index (χ4v) is 2.40. The highest BCUT2D eigenvalue weighted by Crippen LogP contribution is 2.23. The number of aromatic amines is 1. The third-order valence-corrected chi connectivity index (χ3v) is 3.94. The van der Waals surface area contributed by atoms with E-state index in [9.17, 15) is 4.79 Å². The fraction of sp³-hybridized carbons (Fsp3) is 0.158. The molecule has 1 amide bonds. The van der Waals surface area contributed by atoms with Gasteiger partial charge in [0.05, 0.1) is 5.69 Å². The minimum atomic E-state index is -1.03. The summed E-state index contributed by atoms with van der Waals surface area (Å²) in [6, 6.07) is 16.3. The second-order valence-electron chi connectivity index (χ2n) is 6.07. The number of nitrogens with one attached hydrogen (secondary N) is 2. The fourth-order valence-electron chi connectivity index (χ4n) is 2.28. The van der Waals surface area contributed by atoms with Gasteiger partial charge in [-0.2, -0.15) is 5.10 Å². The molecule has 5 nitrogen and oxygen atoms in total. The summed E-state index contributed by atoms with van der Waals surface area (Å²) in [6.45, 7) is 3.44. The van der Waals surface area contributed by atoms with Crippen molar-refractivity contribution in [2.24, 2.45) is 0 Å². The van der Waals surface area contributed by atoms with Crippen molar-refractivity contribution >= 4 is 23.2 Å². The molecule has 0 unspecified atom stereocenters. The maximum absolute atomic E-state index is 12.5. The van der Waals surface area contributed by atoms with Crippen LogP contribution in [0.2, 0.25) is 5.02 Å². The Hall–Kier alpha value is -2.79. The summed E-state index contributed by atoms with van der Waals surface area (Å²) in [5, 5.41) is 10.3. The van der Waals surface area contributed by atoms with Crippen molar-refractivity contribution in [1.82, 2.24) is 10.2 Å². The molecule has 3 aromatic rings. The standard InChI is InChI=1S/C19H18ClN3O2/c1-19(2,25-16-9-5-14(20)6-10-16)18(24)22-15-7-3-13(4-8-15)17-11-12-21-23-17/h3-12H,1-2H3,(H,21,23)(H,22,24). The summed E-state index contributed by atoms with van der Waals surface area (Å²) in [5.41, 5.74) is 1.58. The van der Waals surface area contributed by atoms with Crippen LogP contribution in [0.25, 0.3) is 11.3 Å². The molecule has 2 N–H and O–H groups in total. The van der Waals surface area contributed by atoms with Gasteiger partial charge in [0.1, 0.15) is 5.75 Å². The van der Waals surface area contributed by atoms with E-state index < -0.39 is 5.60 Å². The molecule has 2 aromatic carbocycles. The number of hydrogen-bond donors (Lipinski definition) is 2. The molecule has 0 aliphatic rings. The molecular formula is C19H18ClN3O2. The number of anilines is 1. The number of carbonyl (C=O) groups excluding carboxylic acids is 1. The highest BCUT2D eigenvalue weighted by atomic mass is 35.5. The van der Waals surface area contributed by atoms with Crippen LogP contribution in [0, 0.1) is 0 Å². The zero-order chi connectivity index (χ0) is 17.9. The van der Waals surface area contributed by atoms with Crippen molar-refractivity contribution in [1.29, 1.82) is 0 Å². The number of aromatic nitrogens is 2. The average molecular weight is 356 g/mol. The maximum atomic E-state index is 12.5. The first-order valence-electron chi connectivity index (χ1n) is 7.80. The van der Waals surface area contributed by atoms with Gasteiger partial charge in [0.15, 0.2) is 5.60 Å². The van der Waals surface area contributed by atoms with Gasteiger partial charge in [0, 0.05) is 16.9 Å². The van der Waals surface area contributed by atoms with Crippen molar-refractivity contribution < 1.29 is 9.53 Å². The Balaban J connectivity index is 1.67. The molecule has 0 radical (unpaired) electrons. The Morgan fingerprint density at radius 3 is 2.36 bits per heavy atom. The van der Waals surface area contributed by atoms with Crippen LogP contribution in [-0.2, 0) is 4.79 Å². The first kappa shape index (κ1) is 17.0. The summed E-state index contributed by atoms with van der Waals surface area (Å²) in [6.07, 6.45) is 1.70. The summed E-state index contributed by atoms with van der Waals surface area (Å²) in [4.78, 5) is 12.5. The molecule has 25 heavy (non-hydrogen) atoms. The van der Waals surface area contributed by atoms with Gasteiger partial charge in [0.2, 0.25) is 0 Å². The molecule has 0 saturated heterocycles. The van der Waals surface area contributed by atoms with Crippen LogP contribution in [0.15, 0.2) is 60.8 Å². The Bertz CT molecular complexity index is 841. The van der Waals surface area contributed by atoms with E-state index >= 15 is 0 Å². The lowest BCUT2D eigenvalue weighted by atomic mass is 10.1. The Morgan fingerprint density at radius 1 is 1.08 bits per heavy atom. The zero-order valence-corrected chi connectivity index (χ0v) is 14.7. The number of hydrogen-bond acceptors (Lipinski definition) is 3. The molecule has 6 heteroatoms. The molecule has 1 heterocycles. The minimum Gasteiger partial charge on any atom is -0.478 e. The lowest BCUT2D eigenvalue weighted by molar-refractivity contribution is -0.128. The molecule has 0 saturated carbocycles. The SMILES string of the molecule is CC(C)(Oc1ccc(Cl)cc1)C(=O)Nc1ccc(-c2ccn[nH]2)cc1. The van der Waals surface area contributed by atoms with Gasteiger partial charge in [-0.1, -0.05) is 23.7 Å². The van der Waals surface area contributed by atoms with Crippen molar-refractivity contribution in [2.75, 3.05) is 5.32 Å². The summed E-state index contributed by atoms with van der Waals surface area (Å²) in [7, 11) is 0. The van der Waals surface area contributed by atoms with Crippen LogP contribution < -0.4 is 10.1 Å². The van der Waals surface area contributed by atoms with Crippen molar-refractivity contribution in [3.8, 4) is 17.0 Å². The molecule has 3 rings (SSSR count). The molecule has 0 aliphatic heterocycles. The highest BCUT2D eigenvalue weighted by Gasteiger charge is 2.30. The number of ether oxygens (including phenoxy) is 1. The second-order valence-corrected chi connectivity index (χ2v) is 6.50. The van der Waals surface area contributed by atoms with Crippen LogP contribution in [-0.4, -0.2) is 21.7 Å². The van der Waals surface area contributed by atoms with E-state index in [0.29, 0.717) is 16.5 Å². The molecule has 128 valence electrons. The van der Waals surface area contributed by atoms with Gasteiger partial charge in [-0.3, -0.25) is 9.89 Å². The number of amides is 1. The minimum absolute atomic E-state index is 0.239. The first-order chi connectivity index (χ1) is 11.9. The van der Waals surface area contributed by atoms with E-state index in [2.05, 4.69) is 15.5 Å². The largest absolute Gasteiger partial charge is 0.478 e. The topological polar surface area (TPSA) is 67.0 Å². The quantitative estimate of drug-likeness (QED) is 0.706. The van der Waals surface area contributed by atoms with E-state index in [1.165, 1.54) is 0 Å². The average Bonchev–Trinajstić information content (AvgIpc) is 3.12.